The zero-order valence-corrected chi connectivity index (χ0v) is 53.9. The van der Waals surface area contributed by atoms with Gasteiger partial charge in [0.25, 0.3) is 5.91 Å². The lowest BCUT2D eigenvalue weighted by molar-refractivity contribution is -0.142. The maximum atomic E-state index is 13.8. The van der Waals surface area contributed by atoms with Crippen LogP contribution in [0.3, 0.4) is 0 Å². The third kappa shape index (κ3) is 29.5. The smallest absolute Gasteiger partial charge is 0.325 e. The zero-order chi connectivity index (χ0) is 66.9. The van der Waals surface area contributed by atoms with E-state index in [2.05, 4.69) is 26.6 Å². The molecule has 0 aliphatic heterocycles. The van der Waals surface area contributed by atoms with Crippen LogP contribution in [0.2, 0.25) is 0 Å². The van der Waals surface area contributed by atoms with Crippen molar-refractivity contribution in [2.75, 3.05) is 92.2 Å². The van der Waals surface area contributed by atoms with Crippen LogP contribution in [0.15, 0.2) is 0 Å². The van der Waals surface area contributed by atoms with E-state index in [-0.39, 0.29) is 142 Å². The molecule has 0 spiro atoms. The fourth-order valence-electron chi connectivity index (χ4n) is 11.7. The van der Waals surface area contributed by atoms with E-state index < -0.39 is 135 Å². The number of hydrogen-bond acceptors (Lipinski definition) is 22. The maximum absolute atomic E-state index is 13.8. The first-order chi connectivity index (χ1) is 42.7. The van der Waals surface area contributed by atoms with E-state index in [0.29, 0.717) is 77.0 Å². The van der Waals surface area contributed by atoms with Gasteiger partial charge < -0.3 is 111 Å². The van der Waals surface area contributed by atoms with Crippen LogP contribution in [0.25, 0.3) is 0 Å². The molecule has 8 unspecified atom stereocenters. The van der Waals surface area contributed by atoms with E-state index in [4.69, 9.17) is 18.7 Å². The van der Waals surface area contributed by atoms with E-state index in [1.165, 1.54) is 25.7 Å². The number of ether oxygens (including phenoxy) is 3. The summed E-state index contributed by atoms with van der Waals surface area (Å²) >= 11 is 0. The summed E-state index contributed by atoms with van der Waals surface area (Å²) < 4.78 is 34.6. The van der Waals surface area contributed by atoms with Crippen molar-refractivity contribution in [3.63, 3.8) is 0 Å². The molecular weight excluding hydrogens is 1210 g/mol. The summed E-state index contributed by atoms with van der Waals surface area (Å²) in [4.78, 5) is 101. The molecule has 522 valence electrons. The monoisotopic (exact) mass is 1310 g/mol. The number of amides is 7. The zero-order valence-electron chi connectivity index (χ0n) is 53.0. The standard InChI is InChI=1S/C59H108N7O23P/c1-37(70)62-50-44(30-40(33-67)53(77)56(50)80)86-27-13-5-8-18-47(74)60-21-16-25-65(49(76)20-10-7-15-29-88-46-32-42(35-69)55(79)58(82)52(46)64-39(3)72)23-11-12-24-66(59(83)43(73)36-89-90(4,84)85)26-17-22-61-48(75)19-9-6-14-28-87-45-31-41(34-68)54(78)57(81)51(45)63-38(2)71/h40-46,50-58,67-69,73,77-82H,5-36H2,1-4H3,(H,60,74)(H,61,75)(H,62,70)(H,63,71)(H,64,72)(H,84,85)/t40?,41?,42?,43?,44-,45-,46-,50-,51-,52-,53+,54+,55+,56?,57?,58?/m1/s1. The molecule has 16 N–H and O–H groups in total. The van der Waals surface area contributed by atoms with Gasteiger partial charge in [-0.25, -0.2) is 0 Å². The first-order valence-corrected chi connectivity index (χ1v) is 34.1. The first-order valence-electron chi connectivity index (χ1n) is 32.0. The van der Waals surface area contributed by atoms with E-state index in [0.717, 1.165) is 6.66 Å². The van der Waals surface area contributed by atoms with Crippen LogP contribution in [0.5, 0.6) is 0 Å². The highest BCUT2D eigenvalue weighted by atomic mass is 31.2. The Morgan fingerprint density at radius 3 is 1.16 bits per heavy atom. The Morgan fingerprint density at radius 1 is 0.478 bits per heavy atom. The molecule has 3 fully saturated rings. The van der Waals surface area contributed by atoms with Gasteiger partial charge in [-0.1, -0.05) is 19.3 Å². The Morgan fingerprint density at radius 2 is 0.811 bits per heavy atom. The summed E-state index contributed by atoms with van der Waals surface area (Å²) in [5.74, 6) is -4.48. The quantitative estimate of drug-likeness (QED) is 0.0216. The molecule has 3 saturated carbocycles. The summed E-state index contributed by atoms with van der Waals surface area (Å²) in [5, 5.41) is 116. The van der Waals surface area contributed by atoms with Crippen LogP contribution in [0.4, 0.5) is 0 Å². The second-order valence-corrected chi connectivity index (χ2v) is 26.1. The molecule has 17 atom stereocenters. The van der Waals surface area contributed by atoms with Gasteiger partial charge in [0.1, 0.15) is 18.3 Å². The van der Waals surface area contributed by atoms with E-state index in [1.807, 2.05) is 0 Å². The molecule has 30 nitrogen and oxygen atoms in total. The van der Waals surface area contributed by atoms with Crippen molar-refractivity contribution in [3.8, 4) is 0 Å². The molecule has 90 heavy (non-hydrogen) atoms. The van der Waals surface area contributed by atoms with Crippen LogP contribution in [-0.4, -0.2) is 278 Å². The van der Waals surface area contributed by atoms with Gasteiger partial charge in [-0.05, 0) is 83.5 Å². The highest BCUT2D eigenvalue weighted by Crippen LogP contribution is 2.36. The molecule has 0 aromatic rings. The number of aliphatic hydroxyl groups excluding tert-OH is 10. The van der Waals surface area contributed by atoms with E-state index in [1.54, 1.807) is 4.90 Å². The van der Waals surface area contributed by atoms with Crippen molar-refractivity contribution in [2.24, 2.45) is 17.8 Å². The number of hydrogen-bond donors (Lipinski definition) is 16. The topological polar surface area (TPSA) is 463 Å². The Labute approximate surface area is 528 Å². The van der Waals surface area contributed by atoms with Gasteiger partial charge in [-0.15, -0.1) is 0 Å². The van der Waals surface area contributed by atoms with Crippen molar-refractivity contribution in [3.05, 3.63) is 0 Å². The summed E-state index contributed by atoms with van der Waals surface area (Å²) in [6.07, 6.45) is -3.75. The summed E-state index contributed by atoms with van der Waals surface area (Å²) in [5.41, 5.74) is 0. The molecule has 31 heteroatoms. The van der Waals surface area contributed by atoms with Gasteiger partial charge in [-0.3, -0.25) is 38.1 Å². The number of aliphatic hydroxyl groups is 10. The maximum Gasteiger partial charge on any atom is 0.325 e. The average Bonchev–Trinajstić information content (AvgIpc) is 0.910. The molecule has 3 aliphatic carbocycles. The Hall–Kier alpha value is -4.08. The van der Waals surface area contributed by atoms with Crippen LogP contribution in [0.1, 0.15) is 143 Å². The molecule has 3 aliphatic rings. The SMILES string of the molecule is CC(=O)N[C@H]1C(O)[C@@H](O)C(CO)C[C@H]1OCCCCCC(=O)NCCCN(CCCCN(CCCNC(=O)CCCCCO[C@@H]1CC(CO)[C@H](O)C(O)[C@@H]1NC(C)=O)C(=O)C(O)COP(C)(=O)O)C(=O)CCCCCO[C@@H]1CC(CO)[C@H](O)C(O)[C@@H]1NC(C)=O. The van der Waals surface area contributed by atoms with Gasteiger partial charge in [-0.2, -0.15) is 0 Å². The number of nitrogens with one attached hydrogen (secondary N) is 5. The summed E-state index contributed by atoms with van der Waals surface area (Å²) in [6, 6.07) is -2.60. The van der Waals surface area contributed by atoms with Crippen molar-refractivity contribution >= 4 is 48.9 Å². The number of nitrogens with zero attached hydrogens (tertiary/aromatic N) is 2. The van der Waals surface area contributed by atoms with Gasteiger partial charge in [0.2, 0.25) is 35.4 Å². The molecule has 0 aromatic carbocycles. The normalized spacial score (nSPS) is 27.8. The van der Waals surface area contributed by atoms with Crippen LogP contribution in [0, 0.1) is 17.8 Å². The number of carbonyl (C=O) groups is 7. The van der Waals surface area contributed by atoms with E-state index >= 15 is 0 Å². The summed E-state index contributed by atoms with van der Waals surface area (Å²) in [7, 11) is -4.04. The molecule has 7 amide bonds. The number of unbranched alkanes of at least 4 members (excludes halogenated alkanes) is 7. The highest BCUT2D eigenvalue weighted by molar-refractivity contribution is 7.51. The lowest BCUT2D eigenvalue weighted by Crippen LogP contribution is -2.61. The van der Waals surface area contributed by atoms with Crippen molar-refractivity contribution in [1.82, 2.24) is 36.4 Å². The highest BCUT2D eigenvalue weighted by Gasteiger charge is 2.47. The predicted molar refractivity (Wildman–Crippen MR) is 324 cm³/mol. The minimum absolute atomic E-state index is 0.0857. The minimum Gasteiger partial charge on any atom is -0.396 e. The third-order valence-corrected chi connectivity index (χ3v) is 17.4. The van der Waals surface area contributed by atoms with Gasteiger partial charge in [0.15, 0.2) is 6.10 Å². The van der Waals surface area contributed by atoms with Crippen molar-refractivity contribution in [2.45, 2.75) is 222 Å². The van der Waals surface area contributed by atoms with Crippen LogP contribution in [-0.2, 0) is 56.9 Å². The van der Waals surface area contributed by atoms with Gasteiger partial charge in [0.05, 0.1) is 61.4 Å². The number of carbonyl (C=O) groups excluding carboxylic acids is 7. The Bertz CT molecular complexity index is 2190. The van der Waals surface area contributed by atoms with Crippen LogP contribution < -0.4 is 26.6 Å². The second kappa shape index (κ2) is 43.0. The third-order valence-electron chi connectivity index (χ3n) is 16.7. The lowest BCUT2D eigenvalue weighted by Gasteiger charge is -2.42. The fraction of sp³-hybridized carbons (Fsp3) is 0.881. The predicted octanol–water partition coefficient (Wildman–Crippen LogP) is -2.82. The largest absolute Gasteiger partial charge is 0.396 e. The van der Waals surface area contributed by atoms with Gasteiger partial charge in [0, 0.05) is 143 Å². The van der Waals surface area contributed by atoms with E-state index in [9.17, 15) is 94.1 Å². The molecular formula is C59H108N7O23P. The molecule has 0 radical (unpaired) electrons. The van der Waals surface area contributed by atoms with Crippen molar-refractivity contribution < 1.29 is 113 Å². The minimum atomic E-state index is -4.04. The molecule has 0 heterocycles. The van der Waals surface area contributed by atoms with Crippen molar-refractivity contribution in [1.29, 1.82) is 0 Å². The van der Waals surface area contributed by atoms with Gasteiger partial charge >= 0.3 is 7.60 Å². The molecule has 0 saturated heterocycles. The van der Waals surface area contributed by atoms with Crippen LogP contribution >= 0.6 is 7.60 Å². The Balaban J connectivity index is 1.54. The average molecular weight is 1310 g/mol. The molecule has 0 aromatic heterocycles. The molecule has 3 rings (SSSR count). The fourth-order valence-corrected chi connectivity index (χ4v) is 12.1. The first kappa shape index (κ1) is 80.2. The molecule has 0 bridgehead atoms. The lowest BCUT2D eigenvalue weighted by atomic mass is 9.79. The number of rotatable bonds is 44. The Kier molecular flexibility index (Phi) is 38.3. The summed E-state index contributed by atoms with van der Waals surface area (Å²) in [6.45, 7) is 4.85. The second-order valence-electron chi connectivity index (χ2n) is 24.3.